The average molecular weight is 344 g/mol. The average Bonchev–Trinajstić information content (AvgIpc) is 3.01. The van der Waals surface area contributed by atoms with Gasteiger partial charge in [0.15, 0.2) is 5.69 Å². The zero-order valence-electron chi connectivity index (χ0n) is 12.7. The normalized spacial score (nSPS) is 10.2. The summed E-state index contributed by atoms with van der Waals surface area (Å²) in [7, 11) is 1.63. The van der Waals surface area contributed by atoms with Crippen LogP contribution in [0.5, 0.6) is 0 Å². The summed E-state index contributed by atoms with van der Waals surface area (Å²) in [5.74, 6) is -0.642. The van der Waals surface area contributed by atoms with Crippen molar-refractivity contribution in [1.82, 2.24) is 25.6 Å². The summed E-state index contributed by atoms with van der Waals surface area (Å²) in [5.41, 5.74) is 0.794. The summed E-state index contributed by atoms with van der Waals surface area (Å²) in [6.07, 6.45) is 1.37. The molecule has 1 heterocycles. The van der Waals surface area contributed by atoms with Gasteiger partial charge >= 0.3 is 0 Å². The third-order valence-electron chi connectivity index (χ3n) is 2.85. The second-order valence-electron chi connectivity index (χ2n) is 4.49. The molecule has 7 nitrogen and oxygen atoms in total. The number of aromatic nitrogens is 3. The van der Waals surface area contributed by atoms with E-state index in [-0.39, 0.29) is 29.8 Å². The monoisotopic (exact) mass is 343 g/mol. The molecule has 0 saturated carbocycles. The number of nitrogens with one attached hydrogen (secondary N) is 2. The van der Waals surface area contributed by atoms with Gasteiger partial charge in [0.1, 0.15) is 5.82 Å². The number of amides is 1. The summed E-state index contributed by atoms with van der Waals surface area (Å²) < 4.78 is 17.8. The third-order valence-corrected chi connectivity index (χ3v) is 2.85. The first-order valence-corrected chi connectivity index (χ1v) is 6.87. The quantitative estimate of drug-likeness (QED) is 0.693. The minimum Gasteiger partial charge on any atom is -0.383 e. The van der Waals surface area contributed by atoms with E-state index < -0.39 is 0 Å². The Morgan fingerprint density at radius 2 is 2.00 bits per heavy atom. The van der Waals surface area contributed by atoms with Gasteiger partial charge in [0.25, 0.3) is 5.91 Å². The zero-order valence-corrected chi connectivity index (χ0v) is 13.5. The number of halogens is 2. The lowest BCUT2D eigenvalue weighted by molar-refractivity contribution is 0.0948. The Kier molecular flexibility index (Phi) is 8.17. The number of carbonyl (C=O) groups excluding carboxylic acids is 1. The lowest BCUT2D eigenvalue weighted by Crippen LogP contribution is -2.33. The summed E-state index contributed by atoms with van der Waals surface area (Å²) in [5, 5.41) is 13.9. The molecule has 2 N–H and O–H groups in total. The Hall–Kier alpha value is -2.03. The Morgan fingerprint density at radius 3 is 2.70 bits per heavy atom. The highest BCUT2D eigenvalue weighted by molar-refractivity contribution is 5.91. The molecule has 1 aromatic heterocycles. The van der Waals surface area contributed by atoms with E-state index in [9.17, 15) is 9.18 Å². The SMILES string of the molecule is COCCNCCNC(=O)c1cnn(-c2ccc(F)cc2)n1.Cl. The van der Waals surface area contributed by atoms with Gasteiger partial charge in [-0.25, -0.2) is 4.39 Å². The van der Waals surface area contributed by atoms with Crippen molar-refractivity contribution in [3.8, 4) is 5.69 Å². The van der Waals surface area contributed by atoms with Crippen molar-refractivity contribution in [2.45, 2.75) is 0 Å². The van der Waals surface area contributed by atoms with Crippen molar-refractivity contribution in [2.24, 2.45) is 0 Å². The van der Waals surface area contributed by atoms with E-state index in [0.717, 1.165) is 6.54 Å². The molecule has 0 spiro atoms. The molecule has 0 fully saturated rings. The smallest absolute Gasteiger partial charge is 0.273 e. The molecule has 0 saturated heterocycles. The van der Waals surface area contributed by atoms with Crippen LogP contribution >= 0.6 is 12.4 Å². The van der Waals surface area contributed by atoms with Crippen LogP contribution in [0.2, 0.25) is 0 Å². The number of methoxy groups -OCH3 is 1. The first-order chi connectivity index (χ1) is 10.7. The number of rotatable bonds is 8. The van der Waals surface area contributed by atoms with Crippen molar-refractivity contribution < 1.29 is 13.9 Å². The van der Waals surface area contributed by atoms with Crippen molar-refractivity contribution >= 4 is 18.3 Å². The Bertz CT molecular complexity index is 605. The van der Waals surface area contributed by atoms with Crippen LogP contribution in [-0.2, 0) is 4.74 Å². The van der Waals surface area contributed by atoms with Crippen LogP contribution in [0.1, 0.15) is 10.5 Å². The fourth-order valence-electron chi connectivity index (χ4n) is 1.72. The minimum atomic E-state index is -0.338. The molecule has 0 aliphatic heterocycles. The van der Waals surface area contributed by atoms with Gasteiger partial charge in [-0.05, 0) is 24.3 Å². The van der Waals surface area contributed by atoms with Gasteiger partial charge in [-0.1, -0.05) is 0 Å². The Labute approximate surface area is 139 Å². The van der Waals surface area contributed by atoms with Crippen LogP contribution < -0.4 is 10.6 Å². The maximum absolute atomic E-state index is 12.9. The number of benzene rings is 1. The Balaban J connectivity index is 0.00000264. The molecule has 1 aromatic carbocycles. The maximum Gasteiger partial charge on any atom is 0.273 e. The van der Waals surface area contributed by atoms with E-state index in [1.54, 1.807) is 7.11 Å². The van der Waals surface area contributed by atoms with E-state index in [2.05, 4.69) is 20.8 Å². The van der Waals surface area contributed by atoms with E-state index in [1.807, 2.05) is 0 Å². The van der Waals surface area contributed by atoms with E-state index >= 15 is 0 Å². The van der Waals surface area contributed by atoms with Crippen molar-refractivity contribution in [2.75, 3.05) is 33.4 Å². The highest BCUT2D eigenvalue weighted by Crippen LogP contribution is 2.06. The predicted molar refractivity (Wildman–Crippen MR) is 85.6 cm³/mol. The molecular formula is C14H19ClFN5O2. The largest absolute Gasteiger partial charge is 0.383 e. The molecule has 9 heteroatoms. The number of nitrogens with zero attached hydrogens (tertiary/aromatic N) is 3. The van der Waals surface area contributed by atoms with Crippen molar-refractivity contribution in [1.29, 1.82) is 0 Å². The van der Waals surface area contributed by atoms with E-state index in [1.165, 1.54) is 35.3 Å². The van der Waals surface area contributed by atoms with Gasteiger partial charge in [-0.3, -0.25) is 4.79 Å². The van der Waals surface area contributed by atoms with Crippen molar-refractivity contribution in [3.63, 3.8) is 0 Å². The number of ether oxygens (including phenoxy) is 1. The van der Waals surface area contributed by atoms with Crippen LogP contribution in [0.4, 0.5) is 4.39 Å². The molecule has 0 unspecified atom stereocenters. The van der Waals surface area contributed by atoms with Gasteiger partial charge < -0.3 is 15.4 Å². The van der Waals surface area contributed by atoms with Gasteiger partial charge in [-0.15, -0.1) is 17.5 Å². The van der Waals surface area contributed by atoms with Crippen LogP contribution in [-0.4, -0.2) is 54.3 Å². The second kappa shape index (κ2) is 9.88. The molecule has 1 amide bonds. The molecular weight excluding hydrogens is 325 g/mol. The standard InChI is InChI=1S/C14H18FN5O2.ClH/c1-22-9-8-16-6-7-17-14(21)13-10-18-20(19-13)12-4-2-11(15)3-5-12;/h2-5,10,16H,6-9H2,1H3,(H,17,21);1H. The number of hydrogen-bond acceptors (Lipinski definition) is 5. The molecule has 126 valence electrons. The molecule has 0 aliphatic rings. The highest BCUT2D eigenvalue weighted by atomic mass is 35.5. The first kappa shape index (κ1) is 19.0. The van der Waals surface area contributed by atoms with Gasteiger partial charge in [-0.2, -0.15) is 9.90 Å². The predicted octanol–water partition coefficient (Wildman–Crippen LogP) is 0.794. The molecule has 2 aromatic rings. The van der Waals surface area contributed by atoms with Crippen LogP contribution in [0.3, 0.4) is 0 Å². The molecule has 0 atom stereocenters. The highest BCUT2D eigenvalue weighted by Gasteiger charge is 2.10. The van der Waals surface area contributed by atoms with Crippen LogP contribution in [0, 0.1) is 5.82 Å². The van der Waals surface area contributed by atoms with E-state index in [4.69, 9.17) is 4.74 Å². The summed E-state index contributed by atoms with van der Waals surface area (Å²) in [4.78, 5) is 13.2. The van der Waals surface area contributed by atoms with Crippen LogP contribution in [0.25, 0.3) is 5.69 Å². The lowest BCUT2D eigenvalue weighted by Gasteiger charge is -2.04. The molecule has 0 radical (unpaired) electrons. The van der Waals surface area contributed by atoms with E-state index in [0.29, 0.717) is 25.4 Å². The topological polar surface area (TPSA) is 81.1 Å². The molecule has 23 heavy (non-hydrogen) atoms. The summed E-state index contributed by atoms with van der Waals surface area (Å²) in [6, 6.07) is 5.70. The maximum atomic E-state index is 12.9. The fourth-order valence-corrected chi connectivity index (χ4v) is 1.72. The van der Waals surface area contributed by atoms with Crippen molar-refractivity contribution in [3.05, 3.63) is 42.0 Å². The third kappa shape index (κ3) is 5.93. The van der Waals surface area contributed by atoms with Gasteiger partial charge in [0.2, 0.25) is 0 Å². The van der Waals surface area contributed by atoms with Gasteiger partial charge in [0.05, 0.1) is 18.5 Å². The summed E-state index contributed by atoms with van der Waals surface area (Å²) in [6.45, 7) is 2.47. The molecule has 2 rings (SSSR count). The molecule has 0 aliphatic carbocycles. The molecule has 0 bridgehead atoms. The van der Waals surface area contributed by atoms with Gasteiger partial charge in [0, 0.05) is 26.7 Å². The minimum absolute atomic E-state index is 0. The summed E-state index contributed by atoms with van der Waals surface area (Å²) >= 11 is 0. The second-order valence-corrected chi connectivity index (χ2v) is 4.49. The zero-order chi connectivity index (χ0) is 15.8. The number of carbonyl (C=O) groups is 1. The van der Waals surface area contributed by atoms with Crippen LogP contribution in [0.15, 0.2) is 30.5 Å². The number of hydrogen-bond donors (Lipinski definition) is 2. The Morgan fingerprint density at radius 1 is 1.26 bits per heavy atom. The lowest BCUT2D eigenvalue weighted by atomic mass is 10.3. The fraction of sp³-hybridized carbons (Fsp3) is 0.357. The first-order valence-electron chi connectivity index (χ1n) is 6.87.